The van der Waals surface area contributed by atoms with Crippen molar-refractivity contribution in [1.82, 2.24) is 4.98 Å². The lowest BCUT2D eigenvalue weighted by Crippen LogP contribution is -1.86. The molecule has 0 aliphatic carbocycles. The van der Waals surface area contributed by atoms with E-state index in [-0.39, 0.29) is 5.82 Å². The number of hydrogen-bond donors (Lipinski definition) is 0. The summed E-state index contributed by atoms with van der Waals surface area (Å²) in [7, 11) is 0. The van der Waals surface area contributed by atoms with Gasteiger partial charge in [-0.05, 0) is 40.5 Å². The van der Waals surface area contributed by atoms with E-state index >= 15 is 0 Å². The minimum Gasteiger partial charge on any atom is -0.256 e. The first-order chi connectivity index (χ1) is 6.59. The summed E-state index contributed by atoms with van der Waals surface area (Å²) in [5.41, 5.74) is 1.54. The van der Waals surface area contributed by atoms with E-state index in [4.69, 9.17) is 11.6 Å². The molecule has 2 aromatic rings. The van der Waals surface area contributed by atoms with Gasteiger partial charge in [0.15, 0.2) is 0 Å². The molecule has 0 bridgehead atoms. The highest BCUT2D eigenvalue weighted by atomic mass is 79.9. The average Bonchev–Trinajstić information content (AvgIpc) is 2.15. The molecule has 2 rings (SSSR count). The van der Waals surface area contributed by atoms with Crippen LogP contribution in [0.15, 0.2) is 22.8 Å². The molecule has 0 saturated heterocycles. The standard InChI is InChI=1S/C10H6BrClFN/c1-5-4-14-9-3-7(11)8(13)2-6(9)10(5)12/h2-4H,1H3. The highest BCUT2D eigenvalue weighted by Gasteiger charge is 2.07. The third-order valence-electron chi connectivity index (χ3n) is 2.02. The Bertz CT molecular complexity index is 513. The Balaban J connectivity index is 2.89. The van der Waals surface area contributed by atoms with Crippen molar-refractivity contribution in [3.8, 4) is 0 Å². The Morgan fingerprint density at radius 2 is 2.14 bits per heavy atom. The molecule has 1 aromatic heterocycles. The van der Waals surface area contributed by atoms with E-state index in [0.29, 0.717) is 20.4 Å². The van der Waals surface area contributed by atoms with Crippen molar-refractivity contribution in [2.75, 3.05) is 0 Å². The smallest absolute Gasteiger partial charge is 0.138 e. The van der Waals surface area contributed by atoms with Crippen LogP contribution in [-0.4, -0.2) is 4.98 Å². The molecule has 0 radical (unpaired) electrons. The second kappa shape index (κ2) is 3.48. The number of rotatable bonds is 0. The Labute approximate surface area is 94.0 Å². The van der Waals surface area contributed by atoms with Gasteiger partial charge in [-0.3, -0.25) is 4.98 Å². The summed E-state index contributed by atoms with van der Waals surface area (Å²) in [6.45, 7) is 1.84. The largest absolute Gasteiger partial charge is 0.256 e. The monoisotopic (exact) mass is 273 g/mol. The molecule has 0 unspecified atom stereocenters. The maximum absolute atomic E-state index is 13.2. The summed E-state index contributed by atoms with van der Waals surface area (Å²) in [5.74, 6) is -0.327. The van der Waals surface area contributed by atoms with Crippen molar-refractivity contribution in [1.29, 1.82) is 0 Å². The third-order valence-corrected chi connectivity index (χ3v) is 3.13. The lowest BCUT2D eigenvalue weighted by Gasteiger charge is -2.04. The SMILES string of the molecule is Cc1cnc2cc(Br)c(F)cc2c1Cl. The first-order valence-corrected chi connectivity index (χ1v) is 5.16. The fourth-order valence-electron chi connectivity index (χ4n) is 1.25. The average molecular weight is 275 g/mol. The molecule has 0 fully saturated rings. The molecule has 1 heterocycles. The number of hydrogen-bond acceptors (Lipinski definition) is 1. The van der Waals surface area contributed by atoms with Crippen molar-refractivity contribution in [3.63, 3.8) is 0 Å². The van der Waals surface area contributed by atoms with E-state index in [1.165, 1.54) is 6.07 Å². The van der Waals surface area contributed by atoms with Crippen LogP contribution >= 0.6 is 27.5 Å². The van der Waals surface area contributed by atoms with Crippen LogP contribution in [0.25, 0.3) is 10.9 Å². The number of halogens is 3. The molecule has 72 valence electrons. The van der Waals surface area contributed by atoms with Gasteiger partial charge in [-0.1, -0.05) is 11.6 Å². The van der Waals surface area contributed by atoms with Gasteiger partial charge in [0.2, 0.25) is 0 Å². The number of fused-ring (bicyclic) bond motifs is 1. The molecule has 0 aliphatic heterocycles. The van der Waals surface area contributed by atoms with Gasteiger partial charge in [0, 0.05) is 11.6 Å². The molecule has 0 N–H and O–H groups in total. The Morgan fingerprint density at radius 1 is 1.43 bits per heavy atom. The minimum absolute atomic E-state index is 0.327. The van der Waals surface area contributed by atoms with Gasteiger partial charge in [-0.25, -0.2) is 4.39 Å². The predicted molar refractivity (Wildman–Crippen MR) is 59.1 cm³/mol. The molecule has 0 amide bonds. The van der Waals surface area contributed by atoms with E-state index in [1.54, 1.807) is 12.3 Å². The van der Waals surface area contributed by atoms with Crippen molar-refractivity contribution in [2.45, 2.75) is 6.92 Å². The number of pyridine rings is 1. The van der Waals surface area contributed by atoms with Gasteiger partial charge < -0.3 is 0 Å². The van der Waals surface area contributed by atoms with E-state index in [0.717, 1.165) is 5.56 Å². The molecule has 1 aromatic carbocycles. The van der Waals surface area contributed by atoms with Crippen molar-refractivity contribution >= 4 is 38.4 Å². The van der Waals surface area contributed by atoms with Gasteiger partial charge in [0.25, 0.3) is 0 Å². The van der Waals surface area contributed by atoms with Gasteiger partial charge in [-0.15, -0.1) is 0 Å². The van der Waals surface area contributed by atoms with Gasteiger partial charge in [-0.2, -0.15) is 0 Å². The summed E-state index contributed by atoms with van der Waals surface area (Å²) in [6.07, 6.45) is 1.68. The fourth-order valence-corrected chi connectivity index (χ4v) is 1.79. The van der Waals surface area contributed by atoms with Crippen LogP contribution in [0.5, 0.6) is 0 Å². The van der Waals surface area contributed by atoms with E-state index in [2.05, 4.69) is 20.9 Å². The topological polar surface area (TPSA) is 12.9 Å². The summed E-state index contributed by atoms with van der Waals surface area (Å²) in [6, 6.07) is 3.01. The van der Waals surface area contributed by atoms with Crippen LogP contribution in [0.2, 0.25) is 5.02 Å². The first kappa shape index (κ1) is 9.87. The maximum Gasteiger partial charge on any atom is 0.138 e. The normalized spacial score (nSPS) is 10.9. The molecule has 0 saturated carbocycles. The first-order valence-electron chi connectivity index (χ1n) is 3.99. The third kappa shape index (κ3) is 1.51. The number of nitrogens with zero attached hydrogens (tertiary/aromatic N) is 1. The van der Waals surface area contributed by atoms with Crippen LogP contribution in [0, 0.1) is 12.7 Å². The number of aryl methyl sites for hydroxylation is 1. The van der Waals surface area contributed by atoms with E-state index in [1.807, 2.05) is 6.92 Å². The van der Waals surface area contributed by atoms with Crippen LogP contribution in [-0.2, 0) is 0 Å². The predicted octanol–water partition coefficient (Wildman–Crippen LogP) is 4.10. The van der Waals surface area contributed by atoms with Crippen LogP contribution in [0.3, 0.4) is 0 Å². The van der Waals surface area contributed by atoms with Crippen LogP contribution in [0.1, 0.15) is 5.56 Å². The summed E-state index contributed by atoms with van der Waals surface area (Å²) >= 11 is 9.13. The maximum atomic E-state index is 13.2. The molecular formula is C10H6BrClFN. The van der Waals surface area contributed by atoms with E-state index in [9.17, 15) is 4.39 Å². The minimum atomic E-state index is -0.327. The number of aromatic nitrogens is 1. The molecule has 0 atom stereocenters. The molecule has 0 aliphatic rings. The van der Waals surface area contributed by atoms with Crippen LogP contribution < -0.4 is 0 Å². The molecule has 14 heavy (non-hydrogen) atoms. The second-order valence-electron chi connectivity index (χ2n) is 3.04. The molecule has 4 heteroatoms. The highest BCUT2D eigenvalue weighted by molar-refractivity contribution is 9.10. The van der Waals surface area contributed by atoms with Crippen LogP contribution in [0.4, 0.5) is 4.39 Å². The fraction of sp³-hybridized carbons (Fsp3) is 0.100. The van der Waals surface area contributed by atoms with Crippen molar-refractivity contribution in [2.24, 2.45) is 0 Å². The van der Waals surface area contributed by atoms with Crippen molar-refractivity contribution in [3.05, 3.63) is 39.2 Å². The van der Waals surface area contributed by atoms with Gasteiger partial charge in [0.05, 0.1) is 15.0 Å². The molecular weight excluding hydrogens is 268 g/mol. The summed E-state index contributed by atoms with van der Waals surface area (Å²) in [4.78, 5) is 4.16. The summed E-state index contributed by atoms with van der Waals surface area (Å²) in [5, 5.41) is 1.20. The number of benzene rings is 1. The lowest BCUT2D eigenvalue weighted by atomic mass is 10.2. The van der Waals surface area contributed by atoms with Gasteiger partial charge >= 0.3 is 0 Å². The molecule has 0 spiro atoms. The lowest BCUT2D eigenvalue weighted by molar-refractivity contribution is 0.623. The zero-order chi connectivity index (χ0) is 10.3. The Hall–Kier alpha value is -0.670. The Kier molecular flexibility index (Phi) is 2.45. The zero-order valence-electron chi connectivity index (χ0n) is 7.31. The van der Waals surface area contributed by atoms with Crippen molar-refractivity contribution < 1.29 is 4.39 Å². The summed E-state index contributed by atoms with van der Waals surface area (Å²) < 4.78 is 13.6. The Morgan fingerprint density at radius 3 is 2.86 bits per heavy atom. The molecule has 1 nitrogen and oxygen atoms in total. The van der Waals surface area contributed by atoms with E-state index < -0.39 is 0 Å². The highest BCUT2D eigenvalue weighted by Crippen LogP contribution is 2.28. The second-order valence-corrected chi connectivity index (χ2v) is 4.27. The quantitative estimate of drug-likeness (QED) is 0.705. The van der Waals surface area contributed by atoms with Gasteiger partial charge in [0.1, 0.15) is 5.82 Å². The zero-order valence-corrected chi connectivity index (χ0v) is 9.66.